The third-order valence-corrected chi connectivity index (χ3v) is 2.78. The lowest BCUT2D eigenvalue weighted by Crippen LogP contribution is -2.14. The van der Waals surface area contributed by atoms with Gasteiger partial charge in [-0.25, -0.2) is 4.39 Å². The van der Waals surface area contributed by atoms with Gasteiger partial charge in [0.25, 0.3) is 5.91 Å². The first-order valence-corrected chi connectivity index (χ1v) is 6.38. The Morgan fingerprint density at radius 3 is 2.50 bits per heavy atom. The molecule has 0 aliphatic carbocycles. The molecule has 4 N–H and O–H groups in total. The average molecular weight is 296 g/mol. The van der Waals surface area contributed by atoms with Crippen molar-refractivity contribution in [2.24, 2.45) is 0 Å². The Kier molecular flexibility index (Phi) is 4.73. The molecular formula is C16H13FN4O. The van der Waals surface area contributed by atoms with Gasteiger partial charge in [-0.2, -0.15) is 5.26 Å². The van der Waals surface area contributed by atoms with E-state index in [4.69, 9.17) is 11.0 Å². The van der Waals surface area contributed by atoms with Crippen molar-refractivity contribution in [2.75, 3.05) is 16.4 Å². The van der Waals surface area contributed by atoms with Crippen molar-refractivity contribution in [3.05, 3.63) is 66.1 Å². The zero-order chi connectivity index (χ0) is 15.9. The van der Waals surface area contributed by atoms with E-state index in [-0.39, 0.29) is 11.3 Å². The molecule has 0 heterocycles. The van der Waals surface area contributed by atoms with Gasteiger partial charge in [0.05, 0.1) is 5.69 Å². The van der Waals surface area contributed by atoms with E-state index in [0.29, 0.717) is 11.4 Å². The second-order valence-corrected chi connectivity index (χ2v) is 4.37. The number of nitrogens with zero attached hydrogens (tertiary/aromatic N) is 1. The number of amides is 1. The number of halogens is 1. The molecular weight excluding hydrogens is 283 g/mol. The molecule has 6 heteroatoms. The molecule has 0 saturated carbocycles. The van der Waals surface area contributed by atoms with E-state index in [0.717, 1.165) is 6.20 Å². The van der Waals surface area contributed by atoms with Gasteiger partial charge in [-0.3, -0.25) is 4.79 Å². The summed E-state index contributed by atoms with van der Waals surface area (Å²) in [5.74, 6) is -1.08. The highest BCUT2D eigenvalue weighted by atomic mass is 19.1. The van der Waals surface area contributed by atoms with Crippen molar-refractivity contribution in [1.82, 2.24) is 0 Å². The van der Waals surface area contributed by atoms with Gasteiger partial charge < -0.3 is 16.4 Å². The summed E-state index contributed by atoms with van der Waals surface area (Å²) >= 11 is 0. The number of hydrogen-bond acceptors (Lipinski definition) is 4. The van der Waals surface area contributed by atoms with E-state index in [9.17, 15) is 9.18 Å². The Labute approximate surface area is 126 Å². The zero-order valence-electron chi connectivity index (χ0n) is 11.5. The Bertz CT molecular complexity index is 747. The summed E-state index contributed by atoms with van der Waals surface area (Å²) < 4.78 is 13.4. The molecule has 0 atom stereocenters. The topological polar surface area (TPSA) is 90.9 Å². The first-order chi connectivity index (χ1) is 10.6. The monoisotopic (exact) mass is 296 g/mol. The minimum absolute atomic E-state index is 0.176. The molecule has 0 fully saturated rings. The minimum atomic E-state index is -0.601. The number of anilines is 3. The third-order valence-electron chi connectivity index (χ3n) is 2.78. The molecule has 22 heavy (non-hydrogen) atoms. The van der Waals surface area contributed by atoms with Crippen molar-refractivity contribution in [3.8, 4) is 6.07 Å². The predicted octanol–water partition coefficient (Wildman–Crippen LogP) is 2.87. The number of nitrogen functional groups attached to an aromatic ring is 1. The molecule has 0 aliphatic heterocycles. The summed E-state index contributed by atoms with van der Waals surface area (Å²) in [7, 11) is 0. The smallest absolute Gasteiger partial charge is 0.267 e. The van der Waals surface area contributed by atoms with Crippen LogP contribution in [0.4, 0.5) is 21.5 Å². The van der Waals surface area contributed by atoms with Crippen LogP contribution in [0.1, 0.15) is 0 Å². The van der Waals surface area contributed by atoms with Crippen LogP contribution in [-0.4, -0.2) is 5.91 Å². The van der Waals surface area contributed by atoms with Gasteiger partial charge >= 0.3 is 0 Å². The third kappa shape index (κ3) is 3.84. The standard InChI is InChI=1S/C16H13FN4O/c17-14-3-1-2-4-15(14)20-10-11(9-18)16(22)21-13-7-5-12(19)6-8-13/h1-8,10,20H,19H2,(H,21,22)/b11-10-. The lowest BCUT2D eigenvalue weighted by Gasteiger charge is -2.06. The molecule has 0 aliphatic rings. The fraction of sp³-hybridized carbons (Fsp3) is 0. The second-order valence-electron chi connectivity index (χ2n) is 4.37. The van der Waals surface area contributed by atoms with Crippen molar-refractivity contribution in [2.45, 2.75) is 0 Å². The number of nitrogens with two attached hydrogens (primary N) is 1. The number of nitrogens with one attached hydrogen (secondary N) is 2. The molecule has 0 bridgehead atoms. The molecule has 110 valence electrons. The highest BCUT2D eigenvalue weighted by Crippen LogP contribution is 2.14. The molecule has 5 nitrogen and oxygen atoms in total. The predicted molar refractivity (Wildman–Crippen MR) is 83.2 cm³/mol. The molecule has 0 unspecified atom stereocenters. The first kappa shape index (κ1) is 15.1. The fourth-order valence-corrected chi connectivity index (χ4v) is 1.64. The highest BCUT2D eigenvalue weighted by molar-refractivity contribution is 6.06. The van der Waals surface area contributed by atoms with Crippen molar-refractivity contribution >= 4 is 23.0 Å². The molecule has 1 amide bonds. The van der Waals surface area contributed by atoms with Crippen LogP contribution in [0.5, 0.6) is 0 Å². The van der Waals surface area contributed by atoms with Crippen LogP contribution >= 0.6 is 0 Å². The number of benzene rings is 2. The SMILES string of the molecule is N#C/C(=C/Nc1ccccc1F)C(=O)Nc1ccc(N)cc1. The summed E-state index contributed by atoms with van der Waals surface area (Å²) in [4.78, 5) is 12.0. The Morgan fingerprint density at radius 1 is 1.18 bits per heavy atom. The lowest BCUT2D eigenvalue weighted by molar-refractivity contribution is -0.112. The largest absolute Gasteiger partial charge is 0.399 e. The molecule has 0 aromatic heterocycles. The van der Waals surface area contributed by atoms with Gasteiger partial charge in [-0.15, -0.1) is 0 Å². The maximum atomic E-state index is 13.4. The van der Waals surface area contributed by atoms with E-state index >= 15 is 0 Å². The second kappa shape index (κ2) is 6.90. The normalized spacial score (nSPS) is 10.6. The number of carbonyl (C=O) groups excluding carboxylic acids is 1. The Morgan fingerprint density at radius 2 is 1.86 bits per heavy atom. The van der Waals surface area contributed by atoms with Crippen molar-refractivity contribution < 1.29 is 9.18 Å². The summed E-state index contributed by atoms with van der Waals surface area (Å²) in [6.07, 6.45) is 1.16. The Balaban J connectivity index is 2.09. The molecule has 0 saturated heterocycles. The van der Waals surface area contributed by atoms with Crippen LogP contribution in [0.15, 0.2) is 60.3 Å². The maximum Gasteiger partial charge on any atom is 0.267 e. The number of rotatable bonds is 4. The van der Waals surface area contributed by atoms with Crippen LogP contribution in [0, 0.1) is 17.1 Å². The zero-order valence-corrected chi connectivity index (χ0v) is 11.5. The van der Waals surface area contributed by atoms with Crippen LogP contribution in [0.2, 0.25) is 0 Å². The van der Waals surface area contributed by atoms with Crippen LogP contribution < -0.4 is 16.4 Å². The van der Waals surface area contributed by atoms with Gasteiger partial charge in [-0.1, -0.05) is 12.1 Å². The van der Waals surface area contributed by atoms with Gasteiger partial charge in [0.2, 0.25) is 0 Å². The Hall–Kier alpha value is -3.33. The van der Waals surface area contributed by atoms with Crippen LogP contribution in [-0.2, 0) is 4.79 Å². The lowest BCUT2D eigenvalue weighted by atomic mass is 10.2. The van der Waals surface area contributed by atoms with Gasteiger partial charge in [0, 0.05) is 17.6 Å². The first-order valence-electron chi connectivity index (χ1n) is 6.38. The molecule has 0 spiro atoms. The number of para-hydroxylation sites is 1. The van der Waals surface area contributed by atoms with Gasteiger partial charge in [0.1, 0.15) is 17.5 Å². The van der Waals surface area contributed by atoms with Gasteiger partial charge in [-0.05, 0) is 36.4 Å². The highest BCUT2D eigenvalue weighted by Gasteiger charge is 2.09. The summed E-state index contributed by atoms with van der Waals surface area (Å²) in [6.45, 7) is 0. The summed E-state index contributed by atoms with van der Waals surface area (Å²) in [5.41, 5.74) is 6.61. The van der Waals surface area contributed by atoms with Crippen LogP contribution in [0.3, 0.4) is 0 Å². The summed E-state index contributed by atoms with van der Waals surface area (Å²) in [5, 5.41) is 14.2. The average Bonchev–Trinajstić information content (AvgIpc) is 2.52. The van der Waals surface area contributed by atoms with Crippen LogP contribution in [0.25, 0.3) is 0 Å². The maximum absolute atomic E-state index is 13.4. The van der Waals surface area contributed by atoms with Crippen molar-refractivity contribution in [3.63, 3.8) is 0 Å². The quantitative estimate of drug-likeness (QED) is 0.459. The molecule has 0 radical (unpaired) electrons. The summed E-state index contributed by atoms with van der Waals surface area (Å²) in [6, 6.07) is 14.2. The fourth-order valence-electron chi connectivity index (χ4n) is 1.64. The molecule has 2 aromatic carbocycles. The number of carbonyl (C=O) groups is 1. The molecule has 2 aromatic rings. The van der Waals surface area contributed by atoms with Crippen molar-refractivity contribution in [1.29, 1.82) is 5.26 Å². The number of nitriles is 1. The minimum Gasteiger partial charge on any atom is -0.399 e. The van der Waals surface area contributed by atoms with E-state index in [1.54, 1.807) is 42.5 Å². The molecule has 2 rings (SSSR count). The van der Waals surface area contributed by atoms with E-state index in [1.807, 2.05) is 0 Å². The van der Waals surface area contributed by atoms with Gasteiger partial charge in [0.15, 0.2) is 0 Å². The van der Waals surface area contributed by atoms with E-state index in [1.165, 1.54) is 12.1 Å². The van der Waals surface area contributed by atoms with E-state index in [2.05, 4.69) is 10.6 Å². The van der Waals surface area contributed by atoms with E-state index < -0.39 is 11.7 Å². The number of hydrogen-bond donors (Lipinski definition) is 3.